The molecule has 1 aromatic heterocycles. The van der Waals surface area contributed by atoms with E-state index in [1.807, 2.05) is 36.4 Å². The minimum Gasteiger partial charge on any atom is -0.493 e. The third-order valence-corrected chi connectivity index (χ3v) is 10.7. The SMILES string of the molecule is COc1ccc(CC[C@@H](OC(=O)[C@@H]2CCCCN2C(=O)[C@@H](c2ccc(Cl)s2)C2CCCCC2)c2cccc(OCC(=O)O)c2)cc1OC. The number of piperidine rings is 1. The fourth-order valence-corrected chi connectivity index (χ4v) is 8.18. The van der Waals surface area contributed by atoms with E-state index >= 15 is 0 Å². The van der Waals surface area contributed by atoms with Crippen molar-refractivity contribution in [3.05, 3.63) is 74.9 Å². The van der Waals surface area contributed by atoms with Crippen LogP contribution in [0.2, 0.25) is 4.34 Å². The molecule has 2 aliphatic rings. The van der Waals surface area contributed by atoms with E-state index in [1.165, 1.54) is 17.8 Å². The van der Waals surface area contributed by atoms with Gasteiger partial charge in [0.1, 0.15) is 17.9 Å². The van der Waals surface area contributed by atoms with E-state index in [9.17, 15) is 14.4 Å². The molecule has 0 radical (unpaired) electrons. The van der Waals surface area contributed by atoms with Gasteiger partial charge in [-0.15, -0.1) is 11.3 Å². The van der Waals surface area contributed by atoms with Crippen LogP contribution in [0.4, 0.5) is 0 Å². The van der Waals surface area contributed by atoms with Gasteiger partial charge in [-0.2, -0.15) is 0 Å². The second-order valence-corrected chi connectivity index (χ2v) is 14.2. The standard InChI is InChI=1S/C37H44ClNO8S/c1-44-30-17-15-24(21-31(30)45-2)14-16-29(26-11-8-12-27(22-26)46-23-34(40)41)47-37(43)28-13-6-7-20-39(28)36(42)35(25-9-4-3-5-10-25)32-18-19-33(38)48-32/h8,11-12,15,17-19,21-22,25,28-29,35H,3-7,9-10,13-14,16,20,23H2,1-2H3,(H,40,41)/t28-,29+,35+/m0/s1. The molecule has 48 heavy (non-hydrogen) atoms. The van der Waals surface area contributed by atoms with Crippen molar-refractivity contribution in [1.29, 1.82) is 0 Å². The molecule has 1 saturated carbocycles. The summed E-state index contributed by atoms with van der Waals surface area (Å²) in [7, 11) is 3.16. The van der Waals surface area contributed by atoms with Crippen LogP contribution in [0, 0.1) is 5.92 Å². The number of rotatable bonds is 14. The number of amides is 1. The average molecular weight is 698 g/mol. The first-order valence-electron chi connectivity index (χ1n) is 16.7. The van der Waals surface area contributed by atoms with Crippen LogP contribution in [-0.4, -0.2) is 61.3 Å². The first-order chi connectivity index (χ1) is 23.3. The van der Waals surface area contributed by atoms with E-state index in [0.717, 1.165) is 49.0 Å². The predicted molar refractivity (Wildman–Crippen MR) is 184 cm³/mol. The summed E-state index contributed by atoms with van der Waals surface area (Å²) in [5, 5.41) is 9.12. The number of carboxylic acids is 1. The maximum atomic E-state index is 14.5. The number of halogens is 1. The van der Waals surface area contributed by atoms with Crippen LogP contribution in [0.5, 0.6) is 17.2 Å². The molecule has 0 unspecified atom stereocenters. The summed E-state index contributed by atoms with van der Waals surface area (Å²) in [6.07, 6.45) is 7.79. The highest BCUT2D eigenvalue weighted by atomic mass is 35.5. The van der Waals surface area contributed by atoms with Crippen LogP contribution in [-0.2, 0) is 25.5 Å². The fourth-order valence-electron chi connectivity index (χ4n) is 6.93. The van der Waals surface area contributed by atoms with Gasteiger partial charge < -0.3 is 29.0 Å². The summed E-state index contributed by atoms with van der Waals surface area (Å²) in [6, 6.07) is 15.7. The van der Waals surface area contributed by atoms with E-state index in [4.69, 9.17) is 35.7 Å². The Bertz CT molecular complexity index is 1550. The van der Waals surface area contributed by atoms with Gasteiger partial charge in [-0.1, -0.05) is 49.1 Å². The average Bonchev–Trinajstić information content (AvgIpc) is 3.54. The highest BCUT2D eigenvalue weighted by molar-refractivity contribution is 7.16. The third kappa shape index (κ3) is 9.02. The van der Waals surface area contributed by atoms with Crippen molar-refractivity contribution in [3.63, 3.8) is 0 Å². The summed E-state index contributed by atoms with van der Waals surface area (Å²) in [5.41, 5.74) is 1.64. The van der Waals surface area contributed by atoms with E-state index in [0.29, 0.717) is 53.0 Å². The molecule has 2 fully saturated rings. The van der Waals surface area contributed by atoms with E-state index in [-0.39, 0.29) is 17.7 Å². The zero-order valence-corrected chi connectivity index (χ0v) is 29.1. The van der Waals surface area contributed by atoms with Crippen LogP contribution in [0.15, 0.2) is 54.6 Å². The van der Waals surface area contributed by atoms with Crippen molar-refractivity contribution < 1.29 is 38.4 Å². The maximum absolute atomic E-state index is 14.5. The number of ether oxygens (including phenoxy) is 4. The lowest BCUT2D eigenvalue weighted by Crippen LogP contribution is -2.51. The number of carboxylic acid groups (broad SMARTS) is 1. The Kier molecular flexibility index (Phi) is 12.6. The minimum atomic E-state index is -1.09. The fraction of sp³-hybridized carbons (Fsp3) is 0.486. The number of thiophene rings is 1. The molecule has 1 saturated heterocycles. The number of aryl methyl sites for hydroxylation is 1. The number of nitrogens with zero attached hydrogens (tertiary/aromatic N) is 1. The van der Waals surface area contributed by atoms with Gasteiger partial charge in [-0.25, -0.2) is 9.59 Å². The molecule has 0 bridgehead atoms. The van der Waals surface area contributed by atoms with Gasteiger partial charge in [-0.05, 0) is 98.4 Å². The number of esters is 1. The molecule has 1 N–H and O–H groups in total. The van der Waals surface area contributed by atoms with Crippen molar-refractivity contribution in [2.45, 2.75) is 82.3 Å². The van der Waals surface area contributed by atoms with Crippen molar-refractivity contribution >= 4 is 40.8 Å². The lowest BCUT2D eigenvalue weighted by Gasteiger charge is -2.39. The summed E-state index contributed by atoms with van der Waals surface area (Å²) in [5.74, 6) is -0.0922. The molecule has 258 valence electrons. The molecule has 5 rings (SSSR count). The maximum Gasteiger partial charge on any atom is 0.341 e. The summed E-state index contributed by atoms with van der Waals surface area (Å²) < 4.78 is 23.3. The quantitative estimate of drug-likeness (QED) is 0.170. The van der Waals surface area contributed by atoms with Gasteiger partial charge in [0, 0.05) is 11.4 Å². The molecule has 2 heterocycles. The lowest BCUT2D eigenvalue weighted by atomic mass is 9.78. The zero-order valence-electron chi connectivity index (χ0n) is 27.5. The molecule has 1 amide bonds. The summed E-state index contributed by atoms with van der Waals surface area (Å²) in [4.78, 5) is 42.5. The second-order valence-electron chi connectivity index (χ2n) is 12.5. The molecule has 1 aliphatic carbocycles. The molecule has 0 spiro atoms. The predicted octanol–water partition coefficient (Wildman–Crippen LogP) is 7.84. The molecule has 11 heteroatoms. The van der Waals surface area contributed by atoms with E-state index in [1.54, 1.807) is 37.3 Å². The number of carbonyl (C=O) groups excluding carboxylic acids is 2. The van der Waals surface area contributed by atoms with Gasteiger partial charge in [0.2, 0.25) is 5.91 Å². The minimum absolute atomic E-state index is 0.0204. The number of benzene rings is 2. The topological polar surface area (TPSA) is 112 Å². The van der Waals surface area contributed by atoms with Crippen molar-refractivity contribution in [3.8, 4) is 17.2 Å². The smallest absolute Gasteiger partial charge is 0.341 e. The van der Waals surface area contributed by atoms with Gasteiger partial charge in [0.25, 0.3) is 0 Å². The van der Waals surface area contributed by atoms with Crippen LogP contribution in [0.1, 0.15) is 85.8 Å². The monoisotopic (exact) mass is 697 g/mol. The first kappa shape index (κ1) is 35.5. The van der Waals surface area contributed by atoms with Crippen molar-refractivity contribution in [2.24, 2.45) is 5.92 Å². The number of carbonyl (C=O) groups is 3. The van der Waals surface area contributed by atoms with Gasteiger partial charge in [-0.3, -0.25) is 4.79 Å². The molecule has 3 aromatic rings. The normalized spacial score (nSPS) is 18.1. The Morgan fingerprint density at radius 2 is 1.71 bits per heavy atom. The summed E-state index contributed by atoms with van der Waals surface area (Å²) in [6.45, 7) is 0.00601. The molecule has 9 nitrogen and oxygen atoms in total. The zero-order chi connectivity index (χ0) is 34.0. The Labute approximate surface area is 291 Å². The van der Waals surface area contributed by atoms with E-state index < -0.39 is 30.7 Å². The first-order valence-corrected chi connectivity index (χ1v) is 17.9. The summed E-state index contributed by atoms with van der Waals surface area (Å²) >= 11 is 7.80. The van der Waals surface area contributed by atoms with Gasteiger partial charge in [0.05, 0.1) is 24.5 Å². The Morgan fingerprint density at radius 3 is 2.42 bits per heavy atom. The number of hydrogen-bond acceptors (Lipinski definition) is 8. The van der Waals surface area contributed by atoms with Crippen LogP contribution < -0.4 is 14.2 Å². The van der Waals surface area contributed by atoms with Crippen molar-refractivity contribution in [2.75, 3.05) is 27.4 Å². The Morgan fingerprint density at radius 1 is 0.938 bits per heavy atom. The number of methoxy groups -OCH3 is 2. The second kappa shape index (κ2) is 17.1. The number of likely N-dealkylation sites (tertiary alicyclic amines) is 1. The van der Waals surface area contributed by atoms with Crippen LogP contribution in [0.25, 0.3) is 0 Å². The highest BCUT2D eigenvalue weighted by Gasteiger charge is 2.41. The molecule has 1 aliphatic heterocycles. The Hall–Kier alpha value is -3.76. The van der Waals surface area contributed by atoms with Crippen LogP contribution >= 0.6 is 22.9 Å². The van der Waals surface area contributed by atoms with Gasteiger partial charge >= 0.3 is 11.9 Å². The molecule has 2 aromatic carbocycles. The number of hydrogen-bond donors (Lipinski definition) is 1. The molecular formula is C37H44ClNO8S. The largest absolute Gasteiger partial charge is 0.493 e. The highest BCUT2D eigenvalue weighted by Crippen LogP contribution is 2.42. The molecular weight excluding hydrogens is 654 g/mol. The van der Waals surface area contributed by atoms with Crippen LogP contribution in [0.3, 0.4) is 0 Å². The Balaban J connectivity index is 1.39. The third-order valence-electron chi connectivity index (χ3n) is 9.34. The molecule has 3 atom stereocenters. The van der Waals surface area contributed by atoms with E-state index in [2.05, 4.69) is 0 Å². The lowest BCUT2D eigenvalue weighted by molar-refractivity contribution is -0.163. The van der Waals surface area contributed by atoms with Crippen molar-refractivity contribution in [1.82, 2.24) is 4.90 Å². The van der Waals surface area contributed by atoms with Gasteiger partial charge in [0.15, 0.2) is 18.1 Å². The number of aliphatic carboxylic acids is 1.